The second-order valence-corrected chi connectivity index (χ2v) is 5.89. The van der Waals surface area contributed by atoms with Gasteiger partial charge in [0.25, 0.3) is 0 Å². The van der Waals surface area contributed by atoms with Crippen LogP contribution in [0.2, 0.25) is 0 Å². The van der Waals surface area contributed by atoms with Crippen LogP contribution in [0.4, 0.5) is 4.39 Å². The van der Waals surface area contributed by atoms with Gasteiger partial charge in [0.2, 0.25) is 0 Å². The summed E-state index contributed by atoms with van der Waals surface area (Å²) in [5, 5.41) is 12.0. The van der Waals surface area contributed by atoms with Crippen LogP contribution in [0, 0.1) is 5.82 Å². The number of hydrogen-bond acceptors (Lipinski definition) is 3. The van der Waals surface area contributed by atoms with Gasteiger partial charge in [0, 0.05) is 11.8 Å². The topological polar surface area (TPSA) is 35.5 Å². The van der Waals surface area contributed by atoms with Crippen molar-refractivity contribution in [2.75, 3.05) is 27.7 Å². The number of benzene rings is 1. The Morgan fingerprint density at radius 3 is 2.38 bits per heavy atom. The van der Waals surface area contributed by atoms with Crippen LogP contribution >= 0.6 is 0 Å². The molecule has 0 saturated heterocycles. The van der Waals surface area contributed by atoms with Crippen molar-refractivity contribution in [1.29, 1.82) is 0 Å². The minimum Gasteiger partial charge on any atom is -0.616 e. The molecule has 26 heavy (non-hydrogen) atoms. The molecular formula is C21H22FFeNO2. The molecule has 3 nitrogen and oxygen atoms in total. The average Bonchev–Trinajstić information content (AvgIpc) is 3.28. The predicted molar refractivity (Wildman–Crippen MR) is 97.3 cm³/mol. The van der Waals surface area contributed by atoms with E-state index in [4.69, 9.17) is 0 Å². The monoisotopic (exact) mass is 395 g/mol. The normalized spacial score (nSPS) is 15.7. The molecule has 0 radical (unpaired) electrons. The van der Waals surface area contributed by atoms with Gasteiger partial charge in [0.05, 0.1) is 5.95 Å². The van der Waals surface area contributed by atoms with E-state index in [1.807, 2.05) is 62.7 Å². The Balaban J connectivity index is 0.000000486. The number of hydrogen-bond donors (Lipinski definition) is 0. The quantitative estimate of drug-likeness (QED) is 0.584. The summed E-state index contributed by atoms with van der Waals surface area (Å²) in [6.07, 6.45) is 5.81. The Labute approximate surface area is 164 Å². The average molecular weight is 395 g/mol. The van der Waals surface area contributed by atoms with Gasteiger partial charge in [0.15, 0.2) is 0 Å². The minimum absolute atomic E-state index is 0. The molecule has 1 aliphatic carbocycles. The maximum Gasteiger partial charge on any atom is 2.00 e. The number of halogens is 1. The molecule has 3 rings (SSSR count). The van der Waals surface area contributed by atoms with Gasteiger partial charge < -0.3 is 14.7 Å². The van der Waals surface area contributed by atoms with Gasteiger partial charge in [-0.25, -0.2) is 16.5 Å². The molecule has 0 atom stereocenters. The van der Waals surface area contributed by atoms with E-state index >= 15 is 0 Å². The first-order chi connectivity index (χ1) is 12.0. The first kappa shape index (κ1) is 21.8. The van der Waals surface area contributed by atoms with Crippen LogP contribution < -0.4 is 15.5 Å². The fourth-order valence-electron chi connectivity index (χ4n) is 2.44. The van der Waals surface area contributed by atoms with Crippen LogP contribution in [0.15, 0.2) is 72.3 Å². The molecule has 0 amide bonds. The van der Waals surface area contributed by atoms with Crippen molar-refractivity contribution in [3.8, 4) is 0 Å². The number of methoxy groups -OCH3 is 1. The van der Waals surface area contributed by atoms with E-state index < -0.39 is 11.8 Å². The van der Waals surface area contributed by atoms with Crippen molar-refractivity contribution < 1.29 is 31.3 Å². The van der Waals surface area contributed by atoms with E-state index in [1.54, 1.807) is 12.1 Å². The molecule has 0 aliphatic heterocycles. The van der Waals surface area contributed by atoms with Gasteiger partial charge in [-0.15, -0.1) is 0 Å². The Kier molecular flexibility index (Phi) is 9.00. The number of ether oxygens (including phenoxy) is 1. The van der Waals surface area contributed by atoms with E-state index in [9.17, 15) is 9.50 Å². The van der Waals surface area contributed by atoms with Gasteiger partial charge in [0.1, 0.15) is 5.82 Å². The van der Waals surface area contributed by atoms with Crippen LogP contribution in [0.1, 0.15) is 0 Å². The van der Waals surface area contributed by atoms with E-state index in [-0.39, 0.29) is 22.3 Å². The largest absolute Gasteiger partial charge is 2.00 e. The maximum atomic E-state index is 14.1. The summed E-state index contributed by atoms with van der Waals surface area (Å²) in [5.74, 6) is -0.957. The van der Waals surface area contributed by atoms with Crippen LogP contribution in [0.5, 0.6) is 0 Å². The Hall–Kier alpha value is -2.20. The number of allylic oxidation sites excluding steroid dienone is 2. The van der Waals surface area contributed by atoms with Crippen LogP contribution in [0.3, 0.4) is 0 Å². The van der Waals surface area contributed by atoms with Gasteiger partial charge in [-0.1, -0.05) is 24.3 Å². The molecule has 2 aromatic carbocycles. The summed E-state index contributed by atoms with van der Waals surface area (Å²) in [4.78, 5) is 2.05. The Morgan fingerprint density at radius 1 is 1.19 bits per heavy atom. The standard InChI is InChI=1S/C16H18FNO2.C5H5.Fe/c1-18(2)10-11-4-5-12(8-11)14-7-6-13(9-15(14)17)16(19)20-3;1-2-4-5-3-1;/h4-9,19H,10H2,1-3H3;1-5H;/q;-1;+2/p-1/b14-12-,16-13-;;. The Bertz CT molecular complexity index is 851. The molecule has 5 heteroatoms. The second-order valence-electron chi connectivity index (χ2n) is 5.89. The SMILES string of the molecule is CO/C([O-])=c1/cc/c(=C2\C=CC(CN(C)C)=C2)c(F)c1.[Fe+2].c1cc[cH-]c1. The second kappa shape index (κ2) is 10.7. The summed E-state index contributed by atoms with van der Waals surface area (Å²) in [6.45, 7) is 0.807. The first-order valence-electron chi connectivity index (χ1n) is 7.96. The zero-order chi connectivity index (χ0) is 18.2. The molecule has 0 spiro atoms. The molecule has 0 unspecified atom stereocenters. The summed E-state index contributed by atoms with van der Waals surface area (Å²) in [5.41, 5.74) is 1.94. The molecule has 0 heterocycles. The fraction of sp³-hybridized carbons (Fsp3) is 0.190. The third kappa shape index (κ3) is 6.26. The van der Waals surface area contributed by atoms with Gasteiger partial charge >= 0.3 is 17.1 Å². The van der Waals surface area contributed by atoms with Gasteiger partial charge in [-0.05, 0) is 49.7 Å². The number of likely N-dealkylation sites (N-methyl/N-ethyl adjacent to an activating group) is 1. The van der Waals surface area contributed by atoms with E-state index in [1.165, 1.54) is 13.2 Å². The Morgan fingerprint density at radius 2 is 1.88 bits per heavy atom. The van der Waals surface area contributed by atoms with Gasteiger partial charge in [-0.3, -0.25) is 0 Å². The van der Waals surface area contributed by atoms with Crippen molar-refractivity contribution in [3.05, 3.63) is 88.6 Å². The van der Waals surface area contributed by atoms with E-state index in [0.29, 0.717) is 5.22 Å². The molecule has 0 fully saturated rings. The van der Waals surface area contributed by atoms with Crippen molar-refractivity contribution in [3.63, 3.8) is 0 Å². The summed E-state index contributed by atoms with van der Waals surface area (Å²) < 4.78 is 18.7. The third-order valence-corrected chi connectivity index (χ3v) is 3.57. The molecule has 2 aromatic rings. The smallest absolute Gasteiger partial charge is 0.616 e. The van der Waals surface area contributed by atoms with Crippen LogP contribution in [0.25, 0.3) is 11.5 Å². The molecule has 1 aliphatic rings. The minimum atomic E-state index is -0.536. The number of nitrogens with zero attached hydrogens (tertiary/aromatic N) is 1. The summed E-state index contributed by atoms with van der Waals surface area (Å²) in [6, 6.07) is 14.4. The zero-order valence-corrected chi connectivity index (χ0v) is 16.2. The fourth-order valence-corrected chi connectivity index (χ4v) is 2.44. The van der Waals surface area contributed by atoms with Crippen molar-refractivity contribution in [2.24, 2.45) is 0 Å². The third-order valence-electron chi connectivity index (χ3n) is 3.57. The van der Waals surface area contributed by atoms with Crippen LogP contribution in [-0.2, 0) is 21.8 Å². The van der Waals surface area contributed by atoms with Crippen molar-refractivity contribution >= 4 is 11.5 Å². The molecule has 0 aromatic heterocycles. The molecule has 138 valence electrons. The van der Waals surface area contributed by atoms with Crippen molar-refractivity contribution in [1.82, 2.24) is 4.90 Å². The summed E-state index contributed by atoms with van der Waals surface area (Å²) >= 11 is 0. The zero-order valence-electron chi connectivity index (χ0n) is 15.1. The molecular weight excluding hydrogens is 373 g/mol. The van der Waals surface area contributed by atoms with Crippen molar-refractivity contribution in [2.45, 2.75) is 0 Å². The first-order valence-corrected chi connectivity index (χ1v) is 7.96. The summed E-state index contributed by atoms with van der Waals surface area (Å²) in [7, 11) is 5.25. The van der Waals surface area contributed by atoms with Gasteiger partial charge in [-0.2, -0.15) is 18.2 Å². The predicted octanol–water partition coefficient (Wildman–Crippen LogP) is 1.51. The molecule has 0 N–H and O–H groups in total. The molecule has 0 saturated carbocycles. The van der Waals surface area contributed by atoms with E-state index in [2.05, 4.69) is 9.64 Å². The van der Waals surface area contributed by atoms with E-state index in [0.717, 1.165) is 17.7 Å². The molecule has 0 bridgehead atoms. The number of rotatable bonds is 3. The maximum absolute atomic E-state index is 14.1. The van der Waals surface area contributed by atoms with Crippen LogP contribution in [-0.4, -0.2) is 32.6 Å².